The maximum atomic E-state index is 12.6. The van der Waals surface area contributed by atoms with Crippen LogP contribution < -0.4 is 11.0 Å². The molecule has 2 aromatic rings. The number of hydrogen-bond donors (Lipinski definition) is 1. The Labute approximate surface area is 140 Å². The zero-order valence-electron chi connectivity index (χ0n) is 14.3. The van der Waals surface area contributed by atoms with E-state index in [0.29, 0.717) is 29.1 Å². The molecule has 1 heterocycles. The molecule has 0 bridgehead atoms. The first kappa shape index (κ1) is 17.6. The predicted molar refractivity (Wildman–Crippen MR) is 92.4 cm³/mol. The van der Waals surface area contributed by atoms with E-state index in [0.717, 1.165) is 0 Å². The van der Waals surface area contributed by atoms with Gasteiger partial charge in [-0.05, 0) is 45.4 Å². The fourth-order valence-corrected chi connectivity index (χ4v) is 2.67. The molecular weight excluding hydrogens is 306 g/mol. The average molecular weight is 327 g/mol. The second-order valence-corrected chi connectivity index (χ2v) is 5.74. The monoisotopic (exact) mass is 327 g/mol. The number of anilines is 1. The number of nitrogens with one attached hydrogen (secondary N) is 1. The molecule has 0 saturated heterocycles. The van der Waals surface area contributed by atoms with Gasteiger partial charge in [-0.2, -0.15) is 4.98 Å². The Hall–Kier alpha value is -2.76. The third-order valence-electron chi connectivity index (χ3n) is 3.81. The smallest absolute Gasteiger partial charge is 0.324 e. The fraction of sp³-hybridized carbons (Fsp3) is 0.333. The van der Waals surface area contributed by atoms with Crippen molar-refractivity contribution in [2.24, 2.45) is 0 Å². The van der Waals surface area contributed by atoms with Crippen LogP contribution in [0.5, 0.6) is 0 Å². The summed E-state index contributed by atoms with van der Waals surface area (Å²) >= 11 is 0. The van der Waals surface area contributed by atoms with Gasteiger partial charge < -0.3 is 5.32 Å². The van der Waals surface area contributed by atoms with Crippen LogP contribution >= 0.6 is 0 Å². The minimum absolute atomic E-state index is 0.0760. The third kappa shape index (κ3) is 3.76. The van der Waals surface area contributed by atoms with Gasteiger partial charge in [-0.3, -0.25) is 14.2 Å². The molecule has 0 radical (unpaired) electrons. The van der Waals surface area contributed by atoms with E-state index in [4.69, 9.17) is 0 Å². The molecule has 0 saturated carbocycles. The summed E-state index contributed by atoms with van der Waals surface area (Å²) in [6.07, 6.45) is 0.448. The first-order valence-electron chi connectivity index (χ1n) is 7.82. The van der Waals surface area contributed by atoms with E-state index < -0.39 is 11.7 Å². The molecule has 0 aliphatic carbocycles. The van der Waals surface area contributed by atoms with Crippen molar-refractivity contribution in [3.05, 3.63) is 57.8 Å². The lowest BCUT2D eigenvalue weighted by atomic mass is 10.1. The van der Waals surface area contributed by atoms with Crippen molar-refractivity contribution in [1.82, 2.24) is 9.55 Å². The zero-order valence-corrected chi connectivity index (χ0v) is 14.3. The number of aromatic nitrogens is 2. The lowest BCUT2D eigenvalue weighted by molar-refractivity contribution is -0.119. The molecular formula is C18H21N3O3. The number of nitrogens with zero attached hydrogens (tertiary/aromatic N) is 2. The summed E-state index contributed by atoms with van der Waals surface area (Å²) in [5, 5.41) is 2.78. The molecule has 0 aliphatic rings. The minimum Gasteiger partial charge on any atom is -0.324 e. The molecule has 0 fully saturated rings. The van der Waals surface area contributed by atoms with Gasteiger partial charge in [0.25, 0.3) is 0 Å². The standard InChI is InChI=1S/C18H21N3O3/c1-5-16(21-12(3)9-11(2)19-18(21)24)17(23)20-15-8-6-7-14(10-15)13(4)22/h6-10,16H,5H2,1-4H3,(H,20,23). The van der Waals surface area contributed by atoms with Crippen molar-refractivity contribution in [3.63, 3.8) is 0 Å². The van der Waals surface area contributed by atoms with E-state index in [1.807, 2.05) is 6.92 Å². The van der Waals surface area contributed by atoms with Gasteiger partial charge in [-0.1, -0.05) is 19.1 Å². The van der Waals surface area contributed by atoms with Crippen molar-refractivity contribution in [3.8, 4) is 0 Å². The lowest BCUT2D eigenvalue weighted by Gasteiger charge is -2.20. The molecule has 126 valence electrons. The van der Waals surface area contributed by atoms with E-state index >= 15 is 0 Å². The maximum absolute atomic E-state index is 12.6. The van der Waals surface area contributed by atoms with E-state index in [2.05, 4.69) is 10.3 Å². The van der Waals surface area contributed by atoms with Gasteiger partial charge >= 0.3 is 5.69 Å². The maximum Gasteiger partial charge on any atom is 0.348 e. The van der Waals surface area contributed by atoms with Crippen molar-refractivity contribution in [1.29, 1.82) is 0 Å². The minimum atomic E-state index is -0.661. The molecule has 0 aliphatic heterocycles. The fourth-order valence-electron chi connectivity index (χ4n) is 2.67. The number of ketones is 1. The van der Waals surface area contributed by atoms with Crippen LogP contribution in [0.3, 0.4) is 0 Å². The highest BCUT2D eigenvalue weighted by atomic mass is 16.2. The number of hydrogen-bond acceptors (Lipinski definition) is 4. The molecule has 24 heavy (non-hydrogen) atoms. The average Bonchev–Trinajstić information content (AvgIpc) is 2.50. The summed E-state index contributed by atoms with van der Waals surface area (Å²) in [4.78, 5) is 40.2. The Morgan fingerprint density at radius 1 is 1.25 bits per heavy atom. The van der Waals surface area contributed by atoms with Gasteiger partial charge in [-0.15, -0.1) is 0 Å². The molecule has 1 aromatic carbocycles. The highest BCUT2D eigenvalue weighted by molar-refractivity contribution is 5.98. The van der Waals surface area contributed by atoms with Crippen molar-refractivity contribution in [2.75, 3.05) is 5.32 Å². The van der Waals surface area contributed by atoms with Gasteiger partial charge in [0.05, 0.1) is 0 Å². The number of aryl methyl sites for hydroxylation is 2. The van der Waals surface area contributed by atoms with Crippen LogP contribution in [0.1, 0.15) is 48.1 Å². The van der Waals surface area contributed by atoms with Crippen molar-refractivity contribution in [2.45, 2.75) is 40.2 Å². The van der Waals surface area contributed by atoms with Gasteiger partial charge in [0.15, 0.2) is 5.78 Å². The van der Waals surface area contributed by atoms with E-state index in [9.17, 15) is 14.4 Å². The summed E-state index contributed by atoms with van der Waals surface area (Å²) in [5.41, 5.74) is 1.92. The highest BCUT2D eigenvalue weighted by Crippen LogP contribution is 2.17. The number of carbonyl (C=O) groups excluding carboxylic acids is 2. The van der Waals surface area contributed by atoms with Crippen LogP contribution in [0.2, 0.25) is 0 Å². The SMILES string of the molecule is CCC(C(=O)Nc1cccc(C(C)=O)c1)n1c(C)cc(C)nc1=O. The zero-order chi connectivity index (χ0) is 17.9. The molecule has 1 atom stereocenters. The third-order valence-corrected chi connectivity index (χ3v) is 3.81. The Morgan fingerprint density at radius 3 is 2.54 bits per heavy atom. The molecule has 6 nitrogen and oxygen atoms in total. The van der Waals surface area contributed by atoms with E-state index in [1.165, 1.54) is 11.5 Å². The normalized spacial score (nSPS) is 11.8. The van der Waals surface area contributed by atoms with Crippen LogP contribution in [0.4, 0.5) is 5.69 Å². The largest absolute Gasteiger partial charge is 0.348 e. The second kappa shape index (κ2) is 7.21. The summed E-state index contributed by atoms with van der Waals surface area (Å²) < 4.78 is 1.40. The van der Waals surface area contributed by atoms with Crippen molar-refractivity contribution >= 4 is 17.4 Å². The molecule has 0 spiro atoms. The predicted octanol–water partition coefficient (Wildman–Crippen LogP) is 2.65. The summed E-state index contributed by atoms with van der Waals surface area (Å²) in [7, 11) is 0. The Kier molecular flexibility index (Phi) is 5.28. The second-order valence-electron chi connectivity index (χ2n) is 5.74. The van der Waals surface area contributed by atoms with Crippen molar-refractivity contribution < 1.29 is 9.59 Å². The molecule has 1 aromatic heterocycles. The topological polar surface area (TPSA) is 81.1 Å². The van der Waals surface area contributed by atoms with E-state index in [-0.39, 0.29) is 11.7 Å². The first-order chi connectivity index (χ1) is 11.3. The highest BCUT2D eigenvalue weighted by Gasteiger charge is 2.22. The Morgan fingerprint density at radius 2 is 1.96 bits per heavy atom. The van der Waals surface area contributed by atoms with Crippen LogP contribution in [-0.4, -0.2) is 21.2 Å². The van der Waals surface area contributed by atoms with Crippen LogP contribution in [-0.2, 0) is 4.79 Å². The van der Waals surface area contributed by atoms with Gasteiger partial charge in [0, 0.05) is 22.6 Å². The van der Waals surface area contributed by atoms with Gasteiger partial charge in [-0.25, -0.2) is 4.79 Å². The number of benzene rings is 1. The quantitative estimate of drug-likeness (QED) is 0.856. The molecule has 2 rings (SSSR count). The number of carbonyl (C=O) groups is 2. The van der Waals surface area contributed by atoms with Crippen LogP contribution in [0.15, 0.2) is 35.1 Å². The first-order valence-corrected chi connectivity index (χ1v) is 7.82. The Balaban J connectivity index is 2.32. The number of amides is 1. The summed E-state index contributed by atoms with van der Waals surface area (Å²) in [6.45, 7) is 6.83. The number of rotatable bonds is 5. The molecule has 6 heteroatoms. The Bertz CT molecular complexity index is 840. The summed E-state index contributed by atoms with van der Waals surface area (Å²) in [6, 6.07) is 7.84. The molecule has 1 amide bonds. The lowest BCUT2D eigenvalue weighted by Crippen LogP contribution is -2.36. The number of Topliss-reactive ketones (excluding diaryl/α,β-unsaturated/α-hetero) is 1. The summed E-state index contributed by atoms with van der Waals surface area (Å²) in [5.74, 6) is -0.387. The van der Waals surface area contributed by atoms with Gasteiger partial charge in [0.1, 0.15) is 6.04 Å². The molecule has 1 unspecified atom stereocenters. The van der Waals surface area contributed by atoms with Crippen LogP contribution in [0, 0.1) is 13.8 Å². The van der Waals surface area contributed by atoms with Gasteiger partial charge in [0.2, 0.25) is 5.91 Å². The van der Waals surface area contributed by atoms with E-state index in [1.54, 1.807) is 44.2 Å². The van der Waals surface area contributed by atoms with Crippen LogP contribution in [0.25, 0.3) is 0 Å². The molecule has 1 N–H and O–H groups in total.